The fourth-order valence-electron chi connectivity index (χ4n) is 1.70. The Morgan fingerprint density at radius 1 is 1.42 bits per heavy atom. The van der Waals surface area contributed by atoms with Gasteiger partial charge in [0.2, 0.25) is 0 Å². The van der Waals surface area contributed by atoms with Crippen LogP contribution >= 0.6 is 0 Å². The second-order valence-electron chi connectivity index (χ2n) is 3.82. The summed E-state index contributed by atoms with van der Waals surface area (Å²) in [5.41, 5.74) is 0.602. The van der Waals surface area contributed by atoms with E-state index < -0.39 is 0 Å². The number of hydrogen-bond donors (Lipinski definition) is 1. The molecule has 0 fully saturated rings. The highest BCUT2D eigenvalue weighted by atomic mass is 16.2. The van der Waals surface area contributed by atoms with E-state index in [0.29, 0.717) is 24.6 Å². The first-order valence-corrected chi connectivity index (χ1v) is 6.12. The van der Waals surface area contributed by atoms with Gasteiger partial charge in [0.15, 0.2) is 5.82 Å². The van der Waals surface area contributed by atoms with E-state index in [2.05, 4.69) is 20.4 Å². The van der Waals surface area contributed by atoms with E-state index in [1.54, 1.807) is 23.2 Å². The second-order valence-corrected chi connectivity index (χ2v) is 3.82. The van der Waals surface area contributed by atoms with Crippen LogP contribution < -0.4 is 5.32 Å². The van der Waals surface area contributed by atoms with Gasteiger partial charge in [0, 0.05) is 19.3 Å². The molecule has 0 radical (unpaired) electrons. The Labute approximate surface area is 111 Å². The maximum absolute atomic E-state index is 12.0. The molecule has 0 bridgehead atoms. The van der Waals surface area contributed by atoms with E-state index in [-0.39, 0.29) is 6.03 Å². The fourth-order valence-corrected chi connectivity index (χ4v) is 1.70. The summed E-state index contributed by atoms with van der Waals surface area (Å²) in [4.78, 5) is 21.8. The molecule has 0 aromatic carbocycles. The topological polar surface area (TPSA) is 75.9 Å². The van der Waals surface area contributed by atoms with Crippen LogP contribution in [0.1, 0.15) is 13.8 Å². The molecule has 2 rings (SSSR count). The maximum atomic E-state index is 12.0. The third-order valence-electron chi connectivity index (χ3n) is 2.71. The molecule has 0 aliphatic rings. The zero-order valence-electron chi connectivity index (χ0n) is 10.9. The molecule has 7 nitrogen and oxygen atoms in total. The lowest BCUT2D eigenvalue weighted by molar-refractivity contribution is 0.217. The van der Waals surface area contributed by atoms with E-state index in [4.69, 9.17) is 0 Å². The number of anilines is 1. The van der Waals surface area contributed by atoms with Crippen molar-refractivity contribution in [2.45, 2.75) is 13.8 Å². The molecule has 2 heterocycles. The van der Waals surface area contributed by atoms with Crippen LogP contribution in [0.2, 0.25) is 0 Å². The highest BCUT2D eigenvalue weighted by Crippen LogP contribution is 2.16. The van der Waals surface area contributed by atoms with Gasteiger partial charge in [-0.3, -0.25) is 0 Å². The zero-order valence-corrected chi connectivity index (χ0v) is 10.9. The van der Waals surface area contributed by atoms with Crippen LogP contribution in [0.15, 0.2) is 31.0 Å². The zero-order chi connectivity index (χ0) is 13.7. The molecule has 0 aliphatic heterocycles. The summed E-state index contributed by atoms with van der Waals surface area (Å²) in [6, 6.07) is 3.39. The van der Waals surface area contributed by atoms with E-state index in [1.807, 2.05) is 13.8 Å². The molecule has 0 aliphatic carbocycles. The standard InChI is InChI=1S/C12H16N6O/c1-3-17(4-2)12(19)16-10-6-5-7-14-11(10)18-9-13-8-15-18/h5-9H,3-4H2,1-2H3,(H,16,19). The van der Waals surface area contributed by atoms with Gasteiger partial charge < -0.3 is 10.2 Å². The summed E-state index contributed by atoms with van der Waals surface area (Å²) >= 11 is 0. The predicted molar refractivity (Wildman–Crippen MR) is 71.1 cm³/mol. The fraction of sp³-hybridized carbons (Fsp3) is 0.333. The number of nitrogens with zero attached hydrogens (tertiary/aromatic N) is 5. The quantitative estimate of drug-likeness (QED) is 0.904. The van der Waals surface area contributed by atoms with Gasteiger partial charge in [0.05, 0.1) is 5.69 Å². The average Bonchev–Trinajstić information content (AvgIpc) is 2.94. The Kier molecular flexibility index (Phi) is 4.07. The number of carbonyl (C=O) groups is 1. The number of hydrogen-bond acceptors (Lipinski definition) is 4. The highest BCUT2D eigenvalue weighted by molar-refractivity contribution is 5.91. The molecule has 2 aromatic heterocycles. The number of carbonyl (C=O) groups excluding carboxylic acids is 1. The average molecular weight is 260 g/mol. The summed E-state index contributed by atoms with van der Waals surface area (Å²) in [6.45, 7) is 5.18. The first-order chi connectivity index (χ1) is 9.26. The van der Waals surface area contributed by atoms with Crippen molar-refractivity contribution in [1.82, 2.24) is 24.6 Å². The lowest BCUT2D eigenvalue weighted by Crippen LogP contribution is -2.34. The van der Waals surface area contributed by atoms with E-state index in [1.165, 1.54) is 17.3 Å². The third-order valence-corrected chi connectivity index (χ3v) is 2.71. The van der Waals surface area contributed by atoms with Crippen LogP contribution in [0.3, 0.4) is 0 Å². The smallest absolute Gasteiger partial charge is 0.321 e. The number of urea groups is 1. The minimum Gasteiger partial charge on any atom is -0.325 e. The Morgan fingerprint density at radius 2 is 2.21 bits per heavy atom. The minimum absolute atomic E-state index is 0.153. The van der Waals surface area contributed by atoms with Crippen molar-refractivity contribution in [1.29, 1.82) is 0 Å². The van der Waals surface area contributed by atoms with Gasteiger partial charge in [0.25, 0.3) is 0 Å². The normalized spacial score (nSPS) is 10.2. The molecule has 0 spiro atoms. The monoisotopic (exact) mass is 260 g/mol. The molecular formula is C12H16N6O. The van der Waals surface area contributed by atoms with Crippen molar-refractivity contribution in [2.75, 3.05) is 18.4 Å². The molecule has 2 aromatic rings. The van der Waals surface area contributed by atoms with Gasteiger partial charge >= 0.3 is 6.03 Å². The van der Waals surface area contributed by atoms with Gasteiger partial charge in [-0.25, -0.2) is 19.4 Å². The summed E-state index contributed by atoms with van der Waals surface area (Å²) in [6.07, 6.45) is 4.60. The summed E-state index contributed by atoms with van der Waals surface area (Å²) in [5, 5.41) is 6.85. The van der Waals surface area contributed by atoms with Crippen molar-refractivity contribution in [3.8, 4) is 5.82 Å². The largest absolute Gasteiger partial charge is 0.325 e. The molecule has 19 heavy (non-hydrogen) atoms. The van der Waals surface area contributed by atoms with Crippen LogP contribution in [-0.2, 0) is 0 Å². The first kappa shape index (κ1) is 13.0. The number of amides is 2. The van der Waals surface area contributed by atoms with Crippen molar-refractivity contribution >= 4 is 11.7 Å². The van der Waals surface area contributed by atoms with E-state index in [0.717, 1.165) is 0 Å². The highest BCUT2D eigenvalue weighted by Gasteiger charge is 2.13. The van der Waals surface area contributed by atoms with Crippen LogP contribution in [-0.4, -0.2) is 43.8 Å². The van der Waals surface area contributed by atoms with Gasteiger partial charge in [0.1, 0.15) is 12.7 Å². The van der Waals surface area contributed by atoms with Crippen LogP contribution in [0.4, 0.5) is 10.5 Å². The molecule has 2 amide bonds. The van der Waals surface area contributed by atoms with Crippen molar-refractivity contribution in [3.05, 3.63) is 31.0 Å². The first-order valence-electron chi connectivity index (χ1n) is 6.12. The Morgan fingerprint density at radius 3 is 2.84 bits per heavy atom. The Balaban J connectivity index is 2.24. The number of rotatable bonds is 4. The lowest BCUT2D eigenvalue weighted by atomic mass is 10.4. The molecule has 7 heteroatoms. The van der Waals surface area contributed by atoms with Crippen molar-refractivity contribution in [2.24, 2.45) is 0 Å². The Hall–Kier alpha value is -2.44. The molecule has 0 saturated carbocycles. The number of aromatic nitrogens is 4. The molecule has 0 unspecified atom stereocenters. The predicted octanol–water partition coefficient (Wildman–Crippen LogP) is 1.54. The summed E-state index contributed by atoms with van der Waals surface area (Å²) in [5.74, 6) is 0.542. The van der Waals surface area contributed by atoms with E-state index in [9.17, 15) is 4.79 Å². The summed E-state index contributed by atoms with van der Waals surface area (Å²) < 4.78 is 1.51. The Bertz CT molecular complexity index is 535. The molecule has 0 saturated heterocycles. The molecule has 1 N–H and O–H groups in total. The van der Waals surface area contributed by atoms with Gasteiger partial charge in [-0.05, 0) is 26.0 Å². The lowest BCUT2D eigenvalue weighted by Gasteiger charge is -2.19. The third kappa shape index (κ3) is 2.87. The molecular weight excluding hydrogens is 244 g/mol. The number of pyridine rings is 1. The molecule has 0 atom stereocenters. The van der Waals surface area contributed by atoms with E-state index >= 15 is 0 Å². The second kappa shape index (κ2) is 5.94. The van der Waals surface area contributed by atoms with Crippen LogP contribution in [0.25, 0.3) is 5.82 Å². The SMILES string of the molecule is CCN(CC)C(=O)Nc1cccnc1-n1cncn1. The number of nitrogens with one attached hydrogen (secondary N) is 1. The van der Waals surface area contributed by atoms with Crippen molar-refractivity contribution in [3.63, 3.8) is 0 Å². The van der Waals surface area contributed by atoms with Gasteiger partial charge in [-0.1, -0.05) is 0 Å². The van der Waals surface area contributed by atoms with Gasteiger partial charge in [-0.15, -0.1) is 0 Å². The van der Waals surface area contributed by atoms with Crippen molar-refractivity contribution < 1.29 is 4.79 Å². The molecule has 100 valence electrons. The maximum Gasteiger partial charge on any atom is 0.321 e. The van der Waals surface area contributed by atoms with Crippen LogP contribution in [0.5, 0.6) is 0 Å². The van der Waals surface area contributed by atoms with Crippen LogP contribution in [0, 0.1) is 0 Å². The minimum atomic E-state index is -0.153. The summed E-state index contributed by atoms with van der Waals surface area (Å²) in [7, 11) is 0. The van der Waals surface area contributed by atoms with Gasteiger partial charge in [-0.2, -0.15) is 5.10 Å².